The highest BCUT2D eigenvalue weighted by molar-refractivity contribution is 7.80. The number of aromatic nitrogens is 5. The van der Waals surface area contributed by atoms with Crippen molar-refractivity contribution in [2.24, 2.45) is 5.73 Å². The lowest BCUT2D eigenvalue weighted by Gasteiger charge is -2.01. The number of hydrogen-bond donors (Lipinski definition) is 1. The number of ether oxygens (including phenoxy) is 1. The smallest absolute Gasteiger partial charge is 0.376 e. The summed E-state index contributed by atoms with van der Waals surface area (Å²) in [7, 11) is 1.25. The maximum atomic E-state index is 11.3. The molecule has 0 spiro atoms. The van der Waals surface area contributed by atoms with E-state index >= 15 is 0 Å². The van der Waals surface area contributed by atoms with Gasteiger partial charge < -0.3 is 10.5 Å². The van der Waals surface area contributed by atoms with Gasteiger partial charge in [-0.1, -0.05) is 12.2 Å². The summed E-state index contributed by atoms with van der Waals surface area (Å²) in [5, 5.41) is 4.00. The molecule has 0 unspecified atom stereocenters. The minimum absolute atomic E-state index is 0.0672. The largest absolute Gasteiger partial charge is 0.463 e. The van der Waals surface area contributed by atoms with E-state index in [1.165, 1.54) is 24.3 Å². The van der Waals surface area contributed by atoms with Crippen molar-refractivity contribution in [2.45, 2.75) is 0 Å². The Labute approximate surface area is 107 Å². The Morgan fingerprint density at radius 1 is 1.44 bits per heavy atom. The van der Waals surface area contributed by atoms with Gasteiger partial charge in [0, 0.05) is 12.3 Å². The summed E-state index contributed by atoms with van der Waals surface area (Å²) in [6, 6.07) is 1.56. The van der Waals surface area contributed by atoms with Gasteiger partial charge >= 0.3 is 5.97 Å². The zero-order chi connectivity index (χ0) is 13.1. The highest BCUT2D eigenvalue weighted by Crippen LogP contribution is 2.03. The van der Waals surface area contributed by atoms with Gasteiger partial charge in [0.05, 0.1) is 7.11 Å². The SMILES string of the molecule is COC(=O)c1nccc(-n2cnc(C(N)=S)n2)n1. The molecule has 0 saturated carbocycles. The average molecular weight is 264 g/mol. The number of nitrogens with two attached hydrogens (primary N) is 1. The van der Waals surface area contributed by atoms with Gasteiger partial charge in [0.2, 0.25) is 11.6 Å². The molecule has 8 nitrogen and oxygen atoms in total. The molecule has 18 heavy (non-hydrogen) atoms. The van der Waals surface area contributed by atoms with E-state index in [4.69, 9.17) is 18.0 Å². The first-order valence-electron chi connectivity index (χ1n) is 4.75. The Bertz CT molecular complexity index is 611. The molecule has 0 amide bonds. The van der Waals surface area contributed by atoms with Crippen LogP contribution >= 0.6 is 12.2 Å². The van der Waals surface area contributed by atoms with Crippen LogP contribution in [0.2, 0.25) is 0 Å². The zero-order valence-electron chi connectivity index (χ0n) is 9.27. The fraction of sp³-hybridized carbons (Fsp3) is 0.111. The molecule has 0 aliphatic carbocycles. The average Bonchev–Trinajstić information content (AvgIpc) is 2.88. The lowest BCUT2D eigenvalue weighted by molar-refractivity contribution is 0.0586. The molecule has 0 radical (unpaired) electrons. The molecule has 2 N–H and O–H groups in total. The molecule has 0 atom stereocenters. The molecule has 0 aliphatic rings. The quantitative estimate of drug-likeness (QED) is 0.582. The lowest BCUT2D eigenvalue weighted by atomic mass is 10.5. The summed E-state index contributed by atoms with van der Waals surface area (Å²) in [6.07, 6.45) is 2.80. The number of carbonyl (C=O) groups is 1. The topological polar surface area (TPSA) is 109 Å². The summed E-state index contributed by atoms with van der Waals surface area (Å²) in [5.41, 5.74) is 5.39. The predicted octanol–water partition coefficient (Wildman–Crippen LogP) is -0.522. The molecule has 2 rings (SSSR count). The van der Waals surface area contributed by atoms with Crippen molar-refractivity contribution >= 4 is 23.2 Å². The van der Waals surface area contributed by atoms with Crippen LogP contribution in [-0.2, 0) is 4.74 Å². The second-order valence-corrected chi connectivity index (χ2v) is 3.55. The highest BCUT2D eigenvalue weighted by Gasteiger charge is 2.12. The van der Waals surface area contributed by atoms with Crippen molar-refractivity contribution < 1.29 is 9.53 Å². The minimum atomic E-state index is -0.633. The normalized spacial score (nSPS) is 10.1. The van der Waals surface area contributed by atoms with Crippen LogP contribution in [0.1, 0.15) is 16.4 Å². The number of rotatable bonds is 3. The van der Waals surface area contributed by atoms with Gasteiger partial charge in [0.1, 0.15) is 11.3 Å². The van der Waals surface area contributed by atoms with E-state index in [-0.39, 0.29) is 16.6 Å². The molecular weight excluding hydrogens is 256 g/mol. The molecule has 0 fully saturated rings. The molecule has 2 aromatic heterocycles. The van der Waals surface area contributed by atoms with Gasteiger partial charge in [-0.15, -0.1) is 5.10 Å². The number of methoxy groups -OCH3 is 1. The number of carbonyl (C=O) groups excluding carboxylic acids is 1. The summed E-state index contributed by atoms with van der Waals surface area (Å²) < 4.78 is 5.86. The van der Waals surface area contributed by atoms with Gasteiger partial charge in [0.25, 0.3) is 0 Å². The molecule has 9 heteroatoms. The van der Waals surface area contributed by atoms with Crippen LogP contribution in [0.15, 0.2) is 18.6 Å². The first-order valence-corrected chi connectivity index (χ1v) is 5.16. The summed E-state index contributed by atoms with van der Waals surface area (Å²) in [6.45, 7) is 0. The van der Waals surface area contributed by atoms with Gasteiger partial charge in [-0.2, -0.15) is 0 Å². The molecule has 0 aromatic carbocycles. The van der Waals surface area contributed by atoms with Crippen molar-refractivity contribution in [3.63, 3.8) is 0 Å². The third-order valence-electron chi connectivity index (χ3n) is 1.96. The van der Waals surface area contributed by atoms with Crippen molar-refractivity contribution in [1.29, 1.82) is 0 Å². The molecule has 0 aliphatic heterocycles. The number of esters is 1. The van der Waals surface area contributed by atoms with Crippen LogP contribution in [0.5, 0.6) is 0 Å². The minimum Gasteiger partial charge on any atom is -0.463 e. The molecular formula is C9H8N6O2S. The van der Waals surface area contributed by atoms with Gasteiger partial charge in [-0.05, 0) is 0 Å². The predicted molar refractivity (Wildman–Crippen MR) is 64.2 cm³/mol. The van der Waals surface area contributed by atoms with Crippen molar-refractivity contribution in [3.05, 3.63) is 30.2 Å². The van der Waals surface area contributed by atoms with Crippen LogP contribution in [0.25, 0.3) is 5.82 Å². The highest BCUT2D eigenvalue weighted by atomic mass is 32.1. The Morgan fingerprint density at radius 3 is 2.83 bits per heavy atom. The third-order valence-corrected chi connectivity index (χ3v) is 2.14. The summed E-state index contributed by atoms with van der Waals surface area (Å²) in [5.74, 6) is -0.113. The Balaban J connectivity index is 2.38. The van der Waals surface area contributed by atoms with Crippen LogP contribution in [0.4, 0.5) is 0 Å². The van der Waals surface area contributed by atoms with E-state index in [9.17, 15) is 4.79 Å². The maximum Gasteiger partial charge on any atom is 0.376 e. The Morgan fingerprint density at radius 2 is 2.22 bits per heavy atom. The van der Waals surface area contributed by atoms with E-state index in [2.05, 4.69) is 24.8 Å². The van der Waals surface area contributed by atoms with Crippen molar-refractivity contribution in [2.75, 3.05) is 7.11 Å². The van der Waals surface area contributed by atoms with Crippen LogP contribution in [0, 0.1) is 0 Å². The van der Waals surface area contributed by atoms with Crippen molar-refractivity contribution in [3.8, 4) is 5.82 Å². The lowest BCUT2D eigenvalue weighted by Crippen LogP contribution is -2.13. The Hall–Kier alpha value is -2.42. The first kappa shape index (κ1) is 12.0. The zero-order valence-corrected chi connectivity index (χ0v) is 10.1. The van der Waals surface area contributed by atoms with Crippen LogP contribution in [0.3, 0.4) is 0 Å². The first-order chi connectivity index (χ1) is 8.61. The van der Waals surface area contributed by atoms with Gasteiger partial charge in [-0.25, -0.2) is 24.4 Å². The van der Waals surface area contributed by atoms with E-state index in [0.717, 1.165) is 0 Å². The van der Waals surface area contributed by atoms with Gasteiger partial charge in [-0.3, -0.25) is 0 Å². The summed E-state index contributed by atoms with van der Waals surface area (Å²) >= 11 is 4.74. The maximum absolute atomic E-state index is 11.3. The monoisotopic (exact) mass is 264 g/mol. The number of nitrogens with zero attached hydrogens (tertiary/aromatic N) is 5. The summed E-state index contributed by atoms with van der Waals surface area (Å²) in [4.78, 5) is 23.0. The van der Waals surface area contributed by atoms with Crippen LogP contribution in [-0.4, -0.2) is 42.8 Å². The third kappa shape index (κ3) is 2.30. The Kier molecular flexibility index (Phi) is 3.24. The van der Waals surface area contributed by atoms with E-state index < -0.39 is 5.97 Å². The van der Waals surface area contributed by atoms with Crippen LogP contribution < -0.4 is 5.73 Å². The molecule has 2 aromatic rings. The van der Waals surface area contributed by atoms with Crippen molar-refractivity contribution in [1.82, 2.24) is 24.7 Å². The van der Waals surface area contributed by atoms with E-state index in [1.54, 1.807) is 6.07 Å². The van der Waals surface area contributed by atoms with E-state index in [0.29, 0.717) is 5.82 Å². The van der Waals surface area contributed by atoms with E-state index in [1.807, 2.05) is 0 Å². The second-order valence-electron chi connectivity index (χ2n) is 3.11. The second kappa shape index (κ2) is 4.84. The molecule has 0 saturated heterocycles. The number of hydrogen-bond acceptors (Lipinski definition) is 7. The standard InChI is InChI=1S/C9H8N6O2S/c1-17-9(16)8-11-3-2-5(13-8)15-4-12-7(14-15)6(10)18/h2-4H,1H3,(H2,10,18). The molecule has 2 heterocycles. The molecule has 0 bridgehead atoms. The fourth-order valence-corrected chi connectivity index (χ4v) is 1.25. The van der Waals surface area contributed by atoms with Gasteiger partial charge in [0.15, 0.2) is 5.82 Å². The molecule has 92 valence electrons. The fourth-order valence-electron chi connectivity index (χ4n) is 1.15. The number of thiocarbonyl (C=S) groups is 1.